The summed E-state index contributed by atoms with van der Waals surface area (Å²) in [4.78, 5) is 10.9. The summed E-state index contributed by atoms with van der Waals surface area (Å²) in [5.41, 5.74) is 0. The van der Waals surface area contributed by atoms with Crippen LogP contribution in [0.25, 0.3) is 0 Å². The number of hydrogen-bond donors (Lipinski definition) is 2. The van der Waals surface area contributed by atoms with Crippen LogP contribution in [0.4, 0.5) is 0 Å². The molecule has 0 amide bonds. The maximum absolute atomic E-state index is 10.9. The van der Waals surface area contributed by atoms with Crippen molar-refractivity contribution in [3.05, 3.63) is 0 Å². The molecule has 1 rings (SSSR count). The van der Waals surface area contributed by atoms with Crippen molar-refractivity contribution in [1.82, 2.24) is 5.32 Å². The lowest BCUT2D eigenvalue weighted by molar-refractivity contribution is -0.142. The molecule has 2 N–H and O–H groups in total. The Kier molecular flexibility index (Phi) is 5.96. The van der Waals surface area contributed by atoms with Crippen LogP contribution in [0.5, 0.6) is 0 Å². The standard InChI is InChI=1S/C14H27NO2/c1-10(14(16)17)11(2)15-12(3)13-8-6-4-5-7-9-13/h10-13,15H,4-9H2,1-3H3,(H,16,17)/t10?,11?,12-/m1/s1. The van der Waals surface area contributed by atoms with Gasteiger partial charge in [0.05, 0.1) is 5.92 Å². The molecule has 0 aromatic heterocycles. The van der Waals surface area contributed by atoms with Crippen LogP contribution in [0.15, 0.2) is 0 Å². The van der Waals surface area contributed by atoms with E-state index in [4.69, 9.17) is 5.11 Å². The second-order valence-electron chi connectivity index (χ2n) is 5.62. The average molecular weight is 241 g/mol. The largest absolute Gasteiger partial charge is 0.481 e. The van der Waals surface area contributed by atoms with Crippen molar-refractivity contribution in [2.45, 2.75) is 71.4 Å². The number of carboxylic acid groups (broad SMARTS) is 1. The topological polar surface area (TPSA) is 49.3 Å². The van der Waals surface area contributed by atoms with Gasteiger partial charge < -0.3 is 10.4 Å². The molecule has 100 valence electrons. The molecule has 0 aliphatic heterocycles. The summed E-state index contributed by atoms with van der Waals surface area (Å²) in [7, 11) is 0. The molecule has 0 bridgehead atoms. The fraction of sp³-hybridized carbons (Fsp3) is 0.929. The molecule has 0 saturated heterocycles. The minimum absolute atomic E-state index is 0.0470. The van der Waals surface area contributed by atoms with Crippen molar-refractivity contribution >= 4 is 5.97 Å². The van der Waals surface area contributed by atoms with Crippen LogP contribution in [0.2, 0.25) is 0 Å². The van der Waals surface area contributed by atoms with Gasteiger partial charge in [0.15, 0.2) is 0 Å². The monoisotopic (exact) mass is 241 g/mol. The predicted octanol–water partition coefficient (Wildman–Crippen LogP) is 3.04. The van der Waals surface area contributed by atoms with Crippen LogP contribution >= 0.6 is 0 Å². The number of carboxylic acids is 1. The van der Waals surface area contributed by atoms with Crippen molar-refractivity contribution in [3.8, 4) is 0 Å². The maximum Gasteiger partial charge on any atom is 0.307 e. The summed E-state index contributed by atoms with van der Waals surface area (Å²) in [5, 5.41) is 12.5. The first-order valence-corrected chi connectivity index (χ1v) is 7.01. The first kappa shape index (κ1) is 14.5. The average Bonchev–Trinajstić information content (AvgIpc) is 2.56. The van der Waals surface area contributed by atoms with Gasteiger partial charge in [-0.25, -0.2) is 0 Å². The minimum atomic E-state index is -0.710. The zero-order valence-corrected chi connectivity index (χ0v) is 11.4. The Morgan fingerprint density at radius 2 is 1.65 bits per heavy atom. The molecule has 2 unspecified atom stereocenters. The van der Waals surface area contributed by atoms with Crippen molar-refractivity contribution in [2.75, 3.05) is 0 Å². The maximum atomic E-state index is 10.9. The van der Waals surface area contributed by atoms with E-state index in [1.165, 1.54) is 38.5 Å². The van der Waals surface area contributed by atoms with E-state index in [0.29, 0.717) is 6.04 Å². The summed E-state index contributed by atoms with van der Waals surface area (Å²) in [6.07, 6.45) is 7.98. The van der Waals surface area contributed by atoms with Crippen LogP contribution in [0.3, 0.4) is 0 Å². The zero-order chi connectivity index (χ0) is 12.8. The highest BCUT2D eigenvalue weighted by Crippen LogP contribution is 2.25. The van der Waals surface area contributed by atoms with Crippen LogP contribution in [0, 0.1) is 11.8 Å². The van der Waals surface area contributed by atoms with Crippen molar-refractivity contribution in [2.24, 2.45) is 11.8 Å². The molecule has 1 aliphatic carbocycles. The number of rotatable bonds is 5. The molecule has 0 spiro atoms. The predicted molar refractivity (Wildman–Crippen MR) is 70.1 cm³/mol. The van der Waals surface area contributed by atoms with Gasteiger partial charge in [0.1, 0.15) is 0 Å². The number of carbonyl (C=O) groups is 1. The van der Waals surface area contributed by atoms with Gasteiger partial charge >= 0.3 is 5.97 Å². The van der Waals surface area contributed by atoms with Gasteiger partial charge in [0.2, 0.25) is 0 Å². The molecule has 0 heterocycles. The van der Waals surface area contributed by atoms with E-state index >= 15 is 0 Å². The summed E-state index contributed by atoms with van der Waals surface area (Å²) in [5.74, 6) is -0.303. The first-order chi connectivity index (χ1) is 8.02. The van der Waals surface area contributed by atoms with E-state index in [1.807, 2.05) is 6.92 Å². The molecule has 3 nitrogen and oxygen atoms in total. The molecule has 1 aliphatic rings. The van der Waals surface area contributed by atoms with Gasteiger partial charge in [0.25, 0.3) is 0 Å². The minimum Gasteiger partial charge on any atom is -0.481 e. The molecule has 0 radical (unpaired) electrons. The van der Waals surface area contributed by atoms with Crippen LogP contribution in [0.1, 0.15) is 59.3 Å². The Hall–Kier alpha value is -0.570. The molecule has 1 saturated carbocycles. The molecule has 1 fully saturated rings. The van der Waals surface area contributed by atoms with E-state index in [9.17, 15) is 4.79 Å². The first-order valence-electron chi connectivity index (χ1n) is 7.01. The third kappa shape index (κ3) is 4.66. The van der Waals surface area contributed by atoms with E-state index < -0.39 is 5.97 Å². The second-order valence-corrected chi connectivity index (χ2v) is 5.62. The van der Waals surface area contributed by atoms with Crippen molar-refractivity contribution < 1.29 is 9.90 Å². The third-order valence-electron chi connectivity index (χ3n) is 4.27. The van der Waals surface area contributed by atoms with E-state index in [2.05, 4.69) is 12.2 Å². The van der Waals surface area contributed by atoms with Gasteiger partial charge in [-0.15, -0.1) is 0 Å². The lowest BCUT2D eigenvalue weighted by Crippen LogP contribution is -2.44. The van der Waals surface area contributed by atoms with Gasteiger partial charge in [-0.3, -0.25) is 4.79 Å². The van der Waals surface area contributed by atoms with Gasteiger partial charge in [0, 0.05) is 12.1 Å². The van der Waals surface area contributed by atoms with Crippen molar-refractivity contribution in [3.63, 3.8) is 0 Å². The Morgan fingerprint density at radius 3 is 2.12 bits per heavy atom. The Balaban J connectivity index is 2.41. The molecule has 3 heteroatoms. The van der Waals surface area contributed by atoms with Gasteiger partial charge in [-0.2, -0.15) is 0 Å². The molecular formula is C14H27NO2. The fourth-order valence-electron chi connectivity index (χ4n) is 2.72. The highest BCUT2D eigenvalue weighted by atomic mass is 16.4. The second kappa shape index (κ2) is 7.00. The molecular weight excluding hydrogens is 214 g/mol. The molecule has 3 atom stereocenters. The highest BCUT2D eigenvalue weighted by molar-refractivity contribution is 5.70. The lowest BCUT2D eigenvalue weighted by Gasteiger charge is -2.28. The Bertz CT molecular complexity index is 234. The Morgan fingerprint density at radius 1 is 1.12 bits per heavy atom. The van der Waals surface area contributed by atoms with Crippen molar-refractivity contribution in [1.29, 1.82) is 0 Å². The van der Waals surface area contributed by atoms with E-state index in [0.717, 1.165) is 5.92 Å². The van der Waals surface area contributed by atoms with Gasteiger partial charge in [-0.1, -0.05) is 32.6 Å². The SMILES string of the molecule is CC(N[C@H](C)C1CCCCCC1)C(C)C(=O)O. The number of hydrogen-bond acceptors (Lipinski definition) is 2. The quantitative estimate of drug-likeness (QED) is 0.727. The molecule has 0 aromatic rings. The lowest BCUT2D eigenvalue weighted by atomic mass is 9.91. The summed E-state index contributed by atoms with van der Waals surface area (Å²) in [6.45, 7) is 5.97. The van der Waals surface area contributed by atoms with E-state index in [1.54, 1.807) is 6.92 Å². The highest BCUT2D eigenvalue weighted by Gasteiger charge is 2.24. The zero-order valence-electron chi connectivity index (χ0n) is 11.4. The third-order valence-corrected chi connectivity index (χ3v) is 4.27. The smallest absolute Gasteiger partial charge is 0.307 e. The summed E-state index contributed by atoms with van der Waals surface area (Å²) in [6, 6.07) is 0.482. The van der Waals surface area contributed by atoms with Crippen LogP contribution < -0.4 is 5.32 Å². The summed E-state index contributed by atoms with van der Waals surface area (Å²) >= 11 is 0. The van der Waals surface area contributed by atoms with Crippen LogP contribution in [-0.2, 0) is 4.79 Å². The fourth-order valence-corrected chi connectivity index (χ4v) is 2.72. The molecule has 0 aromatic carbocycles. The number of aliphatic carboxylic acids is 1. The van der Waals surface area contributed by atoms with Gasteiger partial charge in [-0.05, 0) is 32.6 Å². The van der Waals surface area contributed by atoms with Crippen LogP contribution in [-0.4, -0.2) is 23.2 Å². The number of nitrogens with one attached hydrogen (secondary N) is 1. The Labute approximate surface area is 105 Å². The molecule has 17 heavy (non-hydrogen) atoms. The summed E-state index contributed by atoms with van der Waals surface area (Å²) < 4.78 is 0. The van der Waals surface area contributed by atoms with E-state index in [-0.39, 0.29) is 12.0 Å². The normalized spacial score (nSPS) is 23.7.